The predicted octanol–water partition coefficient (Wildman–Crippen LogP) is 3.16. The monoisotopic (exact) mass is 434 g/mol. The summed E-state index contributed by atoms with van der Waals surface area (Å²) in [5.74, 6) is 0.0218. The van der Waals surface area contributed by atoms with Crippen LogP contribution >= 0.6 is 0 Å². The average molecular weight is 435 g/mol. The number of ether oxygens (including phenoxy) is 1. The summed E-state index contributed by atoms with van der Waals surface area (Å²) in [4.78, 5) is 29.8. The van der Waals surface area contributed by atoms with Crippen molar-refractivity contribution in [2.45, 2.75) is 49.8 Å². The highest BCUT2D eigenvalue weighted by atomic mass is 16.5. The van der Waals surface area contributed by atoms with Crippen molar-refractivity contribution in [3.8, 4) is 0 Å². The third-order valence-corrected chi connectivity index (χ3v) is 7.45. The smallest absolute Gasteiger partial charge is 0.257 e. The van der Waals surface area contributed by atoms with Crippen LogP contribution in [0.4, 0.5) is 5.69 Å². The highest BCUT2D eigenvalue weighted by molar-refractivity contribution is 6.08. The summed E-state index contributed by atoms with van der Waals surface area (Å²) in [7, 11) is 1.68. The van der Waals surface area contributed by atoms with E-state index < -0.39 is 17.6 Å². The maximum Gasteiger partial charge on any atom is 0.257 e. The van der Waals surface area contributed by atoms with E-state index in [0.717, 1.165) is 31.4 Å². The molecule has 5 rings (SSSR count). The highest BCUT2D eigenvalue weighted by Gasteiger charge is 2.63. The van der Waals surface area contributed by atoms with Gasteiger partial charge in [-0.1, -0.05) is 55.3 Å². The molecule has 7 nitrogen and oxygen atoms in total. The number of guanidine groups is 1. The van der Waals surface area contributed by atoms with E-state index in [4.69, 9.17) is 10.1 Å². The number of rotatable bonds is 5. The minimum absolute atomic E-state index is 0.0579. The Morgan fingerprint density at radius 1 is 1.19 bits per heavy atom. The predicted molar refractivity (Wildman–Crippen MR) is 122 cm³/mol. The molecular weight excluding hydrogens is 404 g/mol. The molecule has 168 valence electrons. The van der Waals surface area contributed by atoms with E-state index in [-0.39, 0.29) is 30.4 Å². The fraction of sp³-hybridized carbons (Fsp3) is 0.480. The van der Waals surface area contributed by atoms with Crippen LogP contribution in [0.1, 0.15) is 32.1 Å². The van der Waals surface area contributed by atoms with Crippen LogP contribution in [0.2, 0.25) is 0 Å². The Balaban J connectivity index is 1.34. The van der Waals surface area contributed by atoms with E-state index in [1.54, 1.807) is 7.05 Å². The molecule has 2 aliphatic heterocycles. The summed E-state index contributed by atoms with van der Waals surface area (Å²) in [5.41, 5.74) is -0.0917. The largest absolute Gasteiger partial charge is 0.370 e. The number of nitrogens with one attached hydrogen (secondary N) is 2. The van der Waals surface area contributed by atoms with Gasteiger partial charge >= 0.3 is 0 Å². The molecule has 32 heavy (non-hydrogen) atoms. The molecule has 1 aromatic carbocycles. The number of hydrogen-bond donors (Lipinski definition) is 2. The average Bonchev–Trinajstić information content (AvgIpc) is 3.25. The molecule has 5 atom stereocenters. The van der Waals surface area contributed by atoms with Crippen molar-refractivity contribution in [3.63, 3.8) is 0 Å². The molecule has 0 radical (unpaired) electrons. The maximum absolute atomic E-state index is 13.3. The van der Waals surface area contributed by atoms with Crippen LogP contribution in [-0.2, 0) is 14.3 Å². The molecule has 2 saturated heterocycles. The fourth-order valence-electron chi connectivity index (χ4n) is 5.89. The van der Waals surface area contributed by atoms with Crippen LogP contribution in [0.15, 0.2) is 54.6 Å². The minimum atomic E-state index is -0.832. The van der Waals surface area contributed by atoms with Crippen LogP contribution in [0.3, 0.4) is 0 Å². The number of nitrogens with zero attached hydrogens (tertiary/aromatic N) is 2. The van der Waals surface area contributed by atoms with Gasteiger partial charge in [-0.25, -0.2) is 0 Å². The Hall–Kier alpha value is -2.93. The third kappa shape index (κ3) is 3.35. The Morgan fingerprint density at radius 3 is 2.75 bits per heavy atom. The van der Waals surface area contributed by atoms with Gasteiger partial charge in [-0.15, -0.1) is 0 Å². The van der Waals surface area contributed by atoms with Gasteiger partial charge in [0, 0.05) is 18.8 Å². The van der Waals surface area contributed by atoms with Gasteiger partial charge in [0.25, 0.3) is 5.91 Å². The lowest BCUT2D eigenvalue weighted by molar-refractivity contribution is -0.136. The van der Waals surface area contributed by atoms with Crippen molar-refractivity contribution >= 4 is 23.5 Å². The van der Waals surface area contributed by atoms with Crippen LogP contribution in [0.5, 0.6) is 0 Å². The summed E-state index contributed by atoms with van der Waals surface area (Å²) in [6, 6.07) is 9.60. The molecule has 1 aromatic rings. The van der Waals surface area contributed by atoms with Crippen LogP contribution < -0.4 is 5.32 Å². The number of amides is 2. The Kier molecular flexibility index (Phi) is 5.37. The van der Waals surface area contributed by atoms with E-state index in [1.165, 1.54) is 11.3 Å². The SMILES string of the molecule is CN1C(=N)N2C3CCCCC3CC2(COC2C=CC=CC2C(=O)Nc2ccccc2)C1=O. The molecular formula is C25H30N4O3. The summed E-state index contributed by atoms with van der Waals surface area (Å²) < 4.78 is 6.33. The van der Waals surface area contributed by atoms with Crippen molar-refractivity contribution in [3.05, 3.63) is 54.6 Å². The number of para-hydroxylation sites is 1. The second kappa shape index (κ2) is 8.20. The summed E-state index contributed by atoms with van der Waals surface area (Å²) in [6.45, 7) is 0.184. The second-order valence-electron chi connectivity index (χ2n) is 9.33. The molecule has 1 saturated carbocycles. The summed E-state index contributed by atoms with van der Waals surface area (Å²) in [5, 5.41) is 11.6. The van der Waals surface area contributed by atoms with Crippen molar-refractivity contribution in [2.75, 3.05) is 19.0 Å². The molecule has 2 aliphatic carbocycles. The van der Waals surface area contributed by atoms with Gasteiger partial charge in [-0.3, -0.25) is 19.9 Å². The maximum atomic E-state index is 13.3. The van der Waals surface area contributed by atoms with Gasteiger partial charge in [0.1, 0.15) is 5.54 Å². The lowest BCUT2D eigenvalue weighted by Crippen LogP contribution is -2.52. The first-order valence-corrected chi connectivity index (χ1v) is 11.5. The molecule has 5 unspecified atom stereocenters. The van der Waals surface area contributed by atoms with E-state index in [2.05, 4.69) is 5.32 Å². The van der Waals surface area contributed by atoms with Gasteiger partial charge in [0.2, 0.25) is 11.9 Å². The molecule has 2 heterocycles. The second-order valence-corrected chi connectivity index (χ2v) is 9.33. The van der Waals surface area contributed by atoms with Crippen LogP contribution in [0, 0.1) is 17.2 Å². The summed E-state index contributed by atoms with van der Waals surface area (Å²) in [6.07, 6.45) is 12.2. The van der Waals surface area contributed by atoms with Gasteiger partial charge in [0.05, 0.1) is 18.6 Å². The first-order valence-electron chi connectivity index (χ1n) is 11.5. The number of carbonyl (C=O) groups excluding carboxylic acids is 2. The topological polar surface area (TPSA) is 85.7 Å². The lowest BCUT2D eigenvalue weighted by Gasteiger charge is -2.35. The lowest BCUT2D eigenvalue weighted by atomic mass is 9.82. The molecule has 3 fully saturated rings. The molecule has 4 aliphatic rings. The van der Waals surface area contributed by atoms with Gasteiger partial charge in [-0.05, 0) is 37.3 Å². The van der Waals surface area contributed by atoms with Crippen LogP contribution in [-0.4, -0.2) is 58.9 Å². The van der Waals surface area contributed by atoms with Crippen molar-refractivity contribution in [2.24, 2.45) is 11.8 Å². The first kappa shape index (κ1) is 20.9. The summed E-state index contributed by atoms with van der Waals surface area (Å²) >= 11 is 0. The van der Waals surface area contributed by atoms with E-state index in [1.807, 2.05) is 59.5 Å². The van der Waals surface area contributed by atoms with Crippen molar-refractivity contribution in [1.82, 2.24) is 9.80 Å². The fourth-order valence-corrected chi connectivity index (χ4v) is 5.89. The van der Waals surface area contributed by atoms with E-state index >= 15 is 0 Å². The van der Waals surface area contributed by atoms with Gasteiger partial charge in [0.15, 0.2) is 0 Å². The Labute approximate surface area is 188 Å². The van der Waals surface area contributed by atoms with Gasteiger partial charge < -0.3 is 15.0 Å². The number of allylic oxidation sites excluding steroid dienone is 2. The van der Waals surface area contributed by atoms with Crippen LogP contribution in [0.25, 0.3) is 0 Å². The molecule has 0 aromatic heterocycles. The third-order valence-electron chi connectivity index (χ3n) is 7.45. The molecule has 7 heteroatoms. The highest BCUT2D eigenvalue weighted by Crippen LogP contribution is 2.49. The minimum Gasteiger partial charge on any atom is -0.370 e. The zero-order valence-electron chi connectivity index (χ0n) is 18.4. The number of benzene rings is 1. The van der Waals surface area contributed by atoms with E-state index in [9.17, 15) is 9.59 Å². The van der Waals surface area contributed by atoms with E-state index in [0.29, 0.717) is 5.92 Å². The number of likely N-dealkylation sites (N-methyl/N-ethyl adjacent to an activating group) is 1. The molecule has 2 amide bonds. The van der Waals surface area contributed by atoms with Crippen molar-refractivity contribution in [1.29, 1.82) is 5.41 Å². The first-order chi connectivity index (χ1) is 15.5. The number of fused-ring (bicyclic) bond motifs is 3. The molecule has 2 N–H and O–H groups in total. The normalized spacial score (nSPS) is 33.4. The molecule has 0 spiro atoms. The zero-order valence-corrected chi connectivity index (χ0v) is 18.4. The van der Waals surface area contributed by atoms with Gasteiger partial charge in [-0.2, -0.15) is 0 Å². The standard InChI is InChI=1S/C25H30N4O3/c1-28-23(31)25(15-17-9-5-7-13-20(17)29(25)24(28)26)16-32-21-14-8-6-12-19(21)22(30)27-18-10-3-2-4-11-18/h2-4,6,8,10-12,14,17,19-21,26H,5,7,9,13,15-16H2,1H3,(H,27,30). The molecule has 0 bridgehead atoms. The Morgan fingerprint density at radius 2 is 1.94 bits per heavy atom. The zero-order chi connectivity index (χ0) is 22.3. The van der Waals surface area contributed by atoms with Crippen molar-refractivity contribution < 1.29 is 14.3 Å². The Bertz CT molecular complexity index is 975. The number of anilines is 1. The quantitative estimate of drug-likeness (QED) is 0.745. The number of carbonyl (C=O) groups is 2. The number of hydrogen-bond acceptors (Lipinski definition) is 4.